The number of hydrogen-bond acceptors (Lipinski definition) is 5. The summed E-state index contributed by atoms with van der Waals surface area (Å²) in [6.07, 6.45) is 6.09. The third-order valence-electron chi connectivity index (χ3n) is 9.70. The van der Waals surface area contributed by atoms with Crippen molar-refractivity contribution in [3.63, 3.8) is 0 Å². The van der Waals surface area contributed by atoms with Gasteiger partial charge in [-0.15, -0.1) is 0 Å². The zero-order valence-corrected chi connectivity index (χ0v) is 26.9. The SMILES string of the molecule is CN1C=CN(c2cccc(N(c3ccc4c5ccccc5n(-c5ccccn5)c4c3)c3cccc4c3oc3c5ccccc5ccc43)c2)C1. The molecule has 0 spiro atoms. The molecule has 0 radical (unpaired) electrons. The Balaban J connectivity index is 1.25. The van der Waals surface area contributed by atoms with E-state index < -0.39 is 0 Å². The monoisotopic (exact) mass is 633 g/mol. The second-order valence-corrected chi connectivity index (χ2v) is 12.7. The van der Waals surface area contributed by atoms with Crippen LogP contribution in [0.5, 0.6) is 0 Å². The highest BCUT2D eigenvalue weighted by Crippen LogP contribution is 2.45. The van der Waals surface area contributed by atoms with Crippen molar-refractivity contribution in [2.75, 3.05) is 23.5 Å². The fourth-order valence-corrected chi connectivity index (χ4v) is 7.45. The lowest BCUT2D eigenvalue weighted by Crippen LogP contribution is -2.21. The van der Waals surface area contributed by atoms with E-state index >= 15 is 0 Å². The van der Waals surface area contributed by atoms with Crippen LogP contribution in [0.1, 0.15) is 0 Å². The van der Waals surface area contributed by atoms with E-state index in [2.05, 4.69) is 166 Å². The van der Waals surface area contributed by atoms with Crippen molar-refractivity contribution in [3.8, 4) is 5.82 Å². The summed E-state index contributed by atoms with van der Waals surface area (Å²) < 4.78 is 9.17. The summed E-state index contributed by atoms with van der Waals surface area (Å²) in [7, 11) is 2.09. The Morgan fingerprint density at radius 2 is 1.35 bits per heavy atom. The van der Waals surface area contributed by atoms with Crippen molar-refractivity contribution >= 4 is 77.3 Å². The van der Waals surface area contributed by atoms with E-state index in [0.717, 1.165) is 79.0 Å². The molecule has 0 amide bonds. The second kappa shape index (κ2) is 10.8. The number of benzene rings is 6. The summed E-state index contributed by atoms with van der Waals surface area (Å²) in [6, 6.07) is 49.4. The van der Waals surface area contributed by atoms with E-state index in [4.69, 9.17) is 9.40 Å². The van der Waals surface area contributed by atoms with Gasteiger partial charge in [0, 0.05) is 69.6 Å². The van der Waals surface area contributed by atoms with Crippen LogP contribution in [0, 0.1) is 0 Å². The van der Waals surface area contributed by atoms with Gasteiger partial charge in [0.25, 0.3) is 0 Å². The maximum absolute atomic E-state index is 6.91. The fourth-order valence-electron chi connectivity index (χ4n) is 7.45. The number of pyridine rings is 1. The Kier molecular flexibility index (Phi) is 6.05. The highest BCUT2D eigenvalue weighted by atomic mass is 16.3. The average molecular weight is 634 g/mol. The standard InChI is InChI=1S/C43H31N5O/c1-45-24-25-46(28-45)30-11-8-12-31(26-30)47(39-17-9-15-36-37-21-19-29-10-2-3-13-33(29)42(37)49-43(36)39)32-20-22-35-34-14-4-5-16-38(34)48(40(35)27-32)41-18-6-7-23-44-41/h2-27H,28H2,1H3. The molecule has 4 heterocycles. The molecule has 0 saturated carbocycles. The Labute approximate surface area is 282 Å². The molecule has 6 heteroatoms. The van der Waals surface area contributed by atoms with E-state index in [0.29, 0.717) is 0 Å². The molecule has 0 bridgehead atoms. The second-order valence-electron chi connectivity index (χ2n) is 12.7. The smallest absolute Gasteiger partial charge is 0.159 e. The minimum atomic E-state index is 0.797. The minimum Gasteiger partial charge on any atom is -0.453 e. The predicted octanol–water partition coefficient (Wildman–Crippen LogP) is 10.9. The molecule has 10 rings (SSSR count). The Bertz CT molecular complexity index is 2740. The molecule has 6 nitrogen and oxygen atoms in total. The van der Waals surface area contributed by atoms with E-state index in [1.807, 2.05) is 18.3 Å². The molecule has 0 N–H and O–H groups in total. The summed E-state index contributed by atoms with van der Waals surface area (Å²) >= 11 is 0. The third-order valence-corrected chi connectivity index (χ3v) is 9.70. The number of fused-ring (bicyclic) bond motifs is 8. The number of aromatic nitrogens is 2. The summed E-state index contributed by atoms with van der Waals surface area (Å²) in [4.78, 5) is 11.6. The lowest BCUT2D eigenvalue weighted by Gasteiger charge is -2.27. The van der Waals surface area contributed by atoms with Crippen LogP contribution in [0.15, 0.2) is 163 Å². The van der Waals surface area contributed by atoms with Gasteiger partial charge >= 0.3 is 0 Å². The van der Waals surface area contributed by atoms with E-state index in [1.165, 1.54) is 10.8 Å². The first kappa shape index (κ1) is 27.6. The first-order valence-corrected chi connectivity index (χ1v) is 16.5. The van der Waals surface area contributed by atoms with Crippen LogP contribution in [0.4, 0.5) is 22.7 Å². The molecule has 0 fully saturated rings. The van der Waals surface area contributed by atoms with Gasteiger partial charge in [0.05, 0.1) is 23.4 Å². The van der Waals surface area contributed by atoms with Crippen molar-refractivity contribution in [1.82, 2.24) is 14.5 Å². The van der Waals surface area contributed by atoms with Crippen LogP contribution >= 0.6 is 0 Å². The maximum atomic E-state index is 6.91. The quantitative estimate of drug-likeness (QED) is 0.189. The van der Waals surface area contributed by atoms with Gasteiger partial charge in [-0.05, 0) is 66.0 Å². The van der Waals surface area contributed by atoms with Gasteiger partial charge in [0.15, 0.2) is 5.58 Å². The molecule has 0 aliphatic carbocycles. The minimum absolute atomic E-state index is 0.797. The van der Waals surface area contributed by atoms with Crippen molar-refractivity contribution in [2.24, 2.45) is 0 Å². The van der Waals surface area contributed by atoms with E-state index in [1.54, 1.807) is 0 Å². The largest absolute Gasteiger partial charge is 0.453 e. The number of nitrogens with zero attached hydrogens (tertiary/aromatic N) is 5. The zero-order chi connectivity index (χ0) is 32.5. The molecule has 234 valence electrons. The van der Waals surface area contributed by atoms with Crippen LogP contribution in [0.25, 0.3) is 60.3 Å². The summed E-state index contributed by atoms with van der Waals surface area (Å²) in [5.74, 6) is 0.885. The van der Waals surface area contributed by atoms with Crippen LogP contribution in [-0.4, -0.2) is 28.2 Å². The van der Waals surface area contributed by atoms with Gasteiger partial charge in [0.2, 0.25) is 0 Å². The molecule has 0 atom stereocenters. The number of furan rings is 1. The first-order chi connectivity index (χ1) is 24.2. The fraction of sp³-hybridized carbons (Fsp3) is 0.0465. The Morgan fingerprint density at radius 3 is 2.22 bits per heavy atom. The maximum Gasteiger partial charge on any atom is 0.159 e. The number of hydrogen-bond donors (Lipinski definition) is 0. The molecule has 1 aliphatic heterocycles. The molecule has 9 aromatic rings. The summed E-state index contributed by atoms with van der Waals surface area (Å²) in [5, 5.41) is 6.85. The van der Waals surface area contributed by atoms with Gasteiger partial charge in [-0.3, -0.25) is 4.57 Å². The highest BCUT2D eigenvalue weighted by Gasteiger charge is 2.23. The molecular weight excluding hydrogens is 603 g/mol. The zero-order valence-electron chi connectivity index (χ0n) is 26.9. The van der Waals surface area contributed by atoms with Crippen LogP contribution in [0.2, 0.25) is 0 Å². The van der Waals surface area contributed by atoms with Gasteiger partial charge < -0.3 is 19.1 Å². The van der Waals surface area contributed by atoms with Crippen molar-refractivity contribution in [2.45, 2.75) is 0 Å². The molecule has 3 aromatic heterocycles. The van der Waals surface area contributed by atoms with Crippen LogP contribution in [0.3, 0.4) is 0 Å². The normalized spacial score (nSPS) is 13.2. The molecule has 49 heavy (non-hydrogen) atoms. The van der Waals surface area contributed by atoms with Crippen LogP contribution < -0.4 is 9.80 Å². The number of anilines is 4. The molecule has 6 aromatic carbocycles. The van der Waals surface area contributed by atoms with E-state index in [-0.39, 0.29) is 0 Å². The highest BCUT2D eigenvalue weighted by molar-refractivity contribution is 6.18. The van der Waals surface area contributed by atoms with Crippen LogP contribution in [-0.2, 0) is 0 Å². The first-order valence-electron chi connectivity index (χ1n) is 16.5. The molecule has 0 saturated heterocycles. The summed E-state index contributed by atoms with van der Waals surface area (Å²) in [6.45, 7) is 0.797. The average Bonchev–Trinajstić information content (AvgIpc) is 3.86. The Hall–Kier alpha value is -6.53. The third kappa shape index (κ3) is 4.31. The predicted molar refractivity (Wildman–Crippen MR) is 202 cm³/mol. The molecular formula is C43H31N5O. The number of rotatable bonds is 5. The van der Waals surface area contributed by atoms with Crippen molar-refractivity contribution < 1.29 is 4.42 Å². The van der Waals surface area contributed by atoms with Gasteiger partial charge in [-0.2, -0.15) is 0 Å². The van der Waals surface area contributed by atoms with Gasteiger partial charge in [-0.25, -0.2) is 4.98 Å². The van der Waals surface area contributed by atoms with Crippen molar-refractivity contribution in [1.29, 1.82) is 0 Å². The number of para-hydroxylation sites is 2. The summed E-state index contributed by atoms with van der Waals surface area (Å²) in [5.41, 5.74) is 8.13. The molecule has 0 unspecified atom stereocenters. The van der Waals surface area contributed by atoms with E-state index in [9.17, 15) is 0 Å². The van der Waals surface area contributed by atoms with Gasteiger partial charge in [0.1, 0.15) is 11.4 Å². The Morgan fingerprint density at radius 1 is 0.592 bits per heavy atom. The molecule has 1 aliphatic rings. The van der Waals surface area contributed by atoms with Crippen molar-refractivity contribution in [3.05, 3.63) is 158 Å². The van der Waals surface area contributed by atoms with Gasteiger partial charge in [-0.1, -0.05) is 78.9 Å². The lowest BCUT2D eigenvalue weighted by molar-refractivity contribution is 0.496. The lowest BCUT2D eigenvalue weighted by atomic mass is 10.1. The topological polar surface area (TPSA) is 40.7 Å².